The van der Waals surface area contributed by atoms with Crippen molar-refractivity contribution in [2.45, 2.75) is 6.92 Å². The number of benzene rings is 1. The number of hydrogen-bond acceptors (Lipinski definition) is 5. The SMILES string of the molecule is COc1ccc(Nc2nc3ccsc3c(=O)[nH]2)c(C)c1. The highest BCUT2D eigenvalue weighted by molar-refractivity contribution is 7.17. The summed E-state index contributed by atoms with van der Waals surface area (Å²) in [6.45, 7) is 1.96. The summed E-state index contributed by atoms with van der Waals surface area (Å²) >= 11 is 1.39. The van der Waals surface area contributed by atoms with E-state index in [1.165, 1.54) is 11.3 Å². The third kappa shape index (κ3) is 2.25. The van der Waals surface area contributed by atoms with E-state index in [4.69, 9.17) is 4.74 Å². The summed E-state index contributed by atoms with van der Waals surface area (Å²) in [6.07, 6.45) is 0. The fourth-order valence-electron chi connectivity index (χ4n) is 1.96. The Morgan fingerprint density at radius 1 is 1.35 bits per heavy atom. The number of aromatic amines is 1. The number of hydrogen-bond donors (Lipinski definition) is 2. The van der Waals surface area contributed by atoms with Crippen LogP contribution in [0.2, 0.25) is 0 Å². The number of methoxy groups -OCH3 is 1. The van der Waals surface area contributed by atoms with Gasteiger partial charge < -0.3 is 10.1 Å². The third-order valence-corrected chi connectivity index (χ3v) is 3.90. The molecule has 3 rings (SSSR count). The Balaban J connectivity index is 1.98. The molecule has 102 valence electrons. The first-order chi connectivity index (χ1) is 9.67. The van der Waals surface area contributed by atoms with Gasteiger partial charge in [0.2, 0.25) is 5.95 Å². The molecule has 0 bridgehead atoms. The quantitative estimate of drug-likeness (QED) is 0.777. The standard InChI is InChI=1S/C14H13N3O2S/c1-8-7-9(19-2)3-4-10(8)15-14-16-11-5-6-20-12(11)13(18)17-14/h3-7H,1-2H3,(H2,15,16,17,18). The summed E-state index contributed by atoms with van der Waals surface area (Å²) in [5.41, 5.74) is 2.46. The molecule has 0 saturated carbocycles. The Morgan fingerprint density at radius 3 is 2.95 bits per heavy atom. The molecule has 2 heterocycles. The minimum atomic E-state index is -0.126. The molecule has 0 aliphatic carbocycles. The van der Waals surface area contributed by atoms with E-state index in [1.807, 2.05) is 36.6 Å². The van der Waals surface area contributed by atoms with E-state index in [2.05, 4.69) is 15.3 Å². The van der Waals surface area contributed by atoms with Crippen LogP contribution in [0, 0.1) is 6.92 Å². The van der Waals surface area contributed by atoms with Crippen molar-refractivity contribution in [3.8, 4) is 5.75 Å². The van der Waals surface area contributed by atoms with Crippen molar-refractivity contribution in [2.24, 2.45) is 0 Å². The maximum atomic E-state index is 11.9. The van der Waals surface area contributed by atoms with E-state index in [0.29, 0.717) is 16.2 Å². The number of aryl methyl sites for hydroxylation is 1. The molecule has 2 N–H and O–H groups in total. The second-order valence-corrected chi connectivity index (χ2v) is 5.27. The number of thiophene rings is 1. The van der Waals surface area contributed by atoms with Crippen molar-refractivity contribution in [1.82, 2.24) is 9.97 Å². The van der Waals surface area contributed by atoms with Crippen LogP contribution in [0.5, 0.6) is 5.75 Å². The minimum absolute atomic E-state index is 0.126. The highest BCUT2D eigenvalue weighted by atomic mass is 32.1. The number of rotatable bonds is 3. The third-order valence-electron chi connectivity index (χ3n) is 3.00. The van der Waals surface area contributed by atoms with E-state index in [9.17, 15) is 4.79 Å². The van der Waals surface area contributed by atoms with Gasteiger partial charge in [-0.1, -0.05) is 0 Å². The van der Waals surface area contributed by atoms with E-state index < -0.39 is 0 Å². The van der Waals surface area contributed by atoms with Crippen molar-refractivity contribution in [3.63, 3.8) is 0 Å². The van der Waals surface area contributed by atoms with E-state index in [0.717, 1.165) is 17.0 Å². The molecule has 0 aliphatic rings. The van der Waals surface area contributed by atoms with Crippen LogP contribution >= 0.6 is 11.3 Å². The van der Waals surface area contributed by atoms with Gasteiger partial charge in [0.25, 0.3) is 5.56 Å². The van der Waals surface area contributed by atoms with Gasteiger partial charge in [0.1, 0.15) is 10.4 Å². The fourth-order valence-corrected chi connectivity index (χ4v) is 2.69. The Bertz CT molecular complexity index is 823. The maximum absolute atomic E-state index is 11.9. The van der Waals surface area contributed by atoms with Crippen molar-refractivity contribution in [2.75, 3.05) is 12.4 Å². The lowest BCUT2D eigenvalue weighted by molar-refractivity contribution is 0.414. The molecule has 0 radical (unpaired) electrons. The van der Waals surface area contributed by atoms with Crippen LogP contribution in [0.4, 0.5) is 11.6 Å². The topological polar surface area (TPSA) is 67.0 Å². The van der Waals surface area contributed by atoms with Crippen LogP contribution in [0.25, 0.3) is 10.2 Å². The number of aromatic nitrogens is 2. The van der Waals surface area contributed by atoms with E-state index in [1.54, 1.807) is 7.11 Å². The summed E-state index contributed by atoms with van der Waals surface area (Å²) in [5.74, 6) is 1.23. The Labute approximate surface area is 119 Å². The highest BCUT2D eigenvalue weighted by Gasteiger charge is 2.06. The van der Waals surface area contributed by atoms with Crippen LogP contribution in [-0.2, 0) is 0 Å². The van der Waals surface area contributed by atoms with E-state index >= 15 is 0 Å². The molecule has 0 fully saturated rings. The van der Waals surface area contributed by atoms with Crippen molar-refractivity contribution in [1.29, 1.82) is 0 Å². The summed E-state index contributed by atoms with van der Waals surface area (Å²) < 4.78 is 5.81. The highest BCUT2D eigenvalue weighted by Crippen LogP contribution is 2.23. The zero-order valence-corrected chi connectivity index (χ0v) is 11.9. The summed E-state index contributed by atoms with van der Waals surface area (Å²) in [5, 5.41) is 4.99. The number of nitrogens with one attached hydrogen (secondary N) is 2. The smallest absolute Gasteiger partial charge is 0.270 e. The van der Waals surface area contributed by atoms with Gasteiger partial charge in [0.05, 0.1) is 12.6 Å². The fraction of sp³-hybridized carbons (Fsp3) is 0.143. The van der Waals surface area contributed by atoms with Crippen LogP contribution in [0.3, 0.4) is 0 Å². The molecular formula is C14H13N3O2S. The molecule has 2 aromatic heterocycles. The molecule has 0 saturated heterocycles. The number of anilines is 2. The lowest BCUT2D eigenvalue weighted by Gasteiger charge is -2.10. The monoisotopic (exact) mass is 287 g/mol. The van der Waals surface area contributed by atoms with Crippen LogP contribution < -0.4 is 15.6 Å². The van der Waals surface area contributed by atoms with Gasteiger partial charge in [0.15, 0.2) is 0 Å². The average Bonchev–Trinajstić information content (AvgIpc) is 2.90. The van der Waals surface area contributed by atoms with Crippen molar-refractivity contribution in [3.05, 3.63) is 45.6 Å². The summed E-state index contributed by atoms with van der Waals surface area (Å²) in [7, 11) is 1.63. The minimum Gasteiger partial charge on any atom is -0.497 e. The lowest BCUT2D eigenvalue weighted by atomic mass is 10.2. The second kappa shape index (κ2) is 4.97. The Morgan fingerprint density at radius 2 is 2.20 bits per heavy atom. The first kappa shape index (κ1) is 12.7. The Hall–Kier alpha value is -2.34. The molecule has 0 spiro atoms. The average molecular weight is 287 g/mol. The van der Waals surface area contributed by atoms with Gasteiger partial charge in [0, 0.05) is 5.69 Å². The molecule has 3 aromatic rings. The lowest BCUT2D eigenvalue weighted by Crippen LogP contribution is -2.10. The van der Waals surface area contributed by atoms with Gasteiger partial charge in [-0.05, 0) is 42.1 Å². The molecule has 6 heteroatoms. The van der Waals surface area contributed by atoms with E-state index in [-0.39, 0.29) is 5.56 Å². The number of fused-ring (bicyclic) bond motifs is 1. The van der Waals surface area contributed by atoms with Gasteiger partial charge in [-0.15, -0.1) is 11.3 Å². The first-order valence-electron chi connectivity index (χ1n) is 6.06. The van der Waals surface area contributed by atoms with Gasteiger partial charge in [-0.25, -0.2) is 4.98 Å². The molecule has 0 unspecified atom stereocenters. The number of ether oxygens (including phenoxy) is 1. The van der Waals surface area contributed by atoms with Crippen LogP contribution in [0.1, 0.15) is 5.56 Å². The molecule has 0 amide bonds. The molecular weight excluding hydrogens is 274 g/mol. The van der Waals surface area contributed by atoms with Gasteiger partial charge in [-0.2, -0.15) is 0 Å². The molecule has 5 nitrogen and oxygen atoms in total. The molecule has 0 atom stereocenters. The first-order valence-corrected chi connectivity index (χ1v) is 6.94. The zero-order chi connectivity index (χ0) is 14.1. The van der Waals surface area contributed by atoms with Gasteiger partial charge >= 0.3 is 0 Å². The predicted molar refractivity (Wildman–Crippen MR) is 81.3 cm³/mol. The van der Waals surface area contributed by atoms with Gasteiger partial charge in [-0.3, -0.25) is 9.78 Å². The number of nitrogens with zero attached hydrogens (tertiary/aromatic N) is 1. The summed E-state index contributed by atoms with van der Waals surface area (Å²) in [4.78, 5) is 19.0. The largest absolute Gasteiger partial charge is 0.497 e. The zero-order valence-electron chi connectivity index (χ0n) is 11.1. The van der Waals surface area contributed by atoms with Crippen LogP contribution in [-0.4, -0.2) is 17.1 Å². The van der Waals surface area contributed by atoms with Crippen LogP contribution in [0.15, 0.2) is 34.4 Å². The second-order valence-electron chi connectivity index (χ2n) is 4.36. The summed E-state index contributed by atoms with van der Waals surface area (Å²) in [6, 6.07) is 7.51. The normalized spacial score (nSPS) is 10.7. The van der Waals surface area contributed by atoms with Crippen molar-refractivity contribution >= 4 is 33.2 Å². The number of H-pyrrole nitrogens is 1. The molecule has 20 heavy (non-hydrogen) atoms. The molecule has 1 aromatic carbocycles. The predicted octanol–water partition coefficient (Wildman–Crippen LogP) is 3.05. The maximum Gasteiger partial charge on any atom is 0.270 e. The Kier molecular flexibility index (Phi) is 3.15. The van der Waals surface area contributed by atoms with Crippen molar-refractivity contribution < 1.29 is 4.74 Å². The molecule has 0 aliphatic heterocycles.